The molecule has 2 N–H and O–H groups in total. The fourth-order valence-electron chi connectivity index (χ4n) is 3.88. The monoisotopic (exact) mass is 386 g/mol. The van der Waals surface area contributed by atoms with E-state index in [0.29, 0.717) is 13.0 Å². The van der Waals surface area contributed by atoms with Gasteiger partial charge < -0.3 is 14.7 Å². The minimum absolute atomic E-state index is 0.00738. The fourth-order valence-corrected chi connectivity index (χ4v) is 3.88. The highest BCUT2D eigenvalue weighted by molar-refractivity contribution is 5.88. The van der Waals surface area contributed by atoms with Gasteiger partial charge in [-0.3, -0.25) is 4.79 Å². The number of para-hydroxylation sites is 1. The van der Waals surface area contributed by atoms with Crippen molar-refractivity contribution in [2.75, 3.05) is 0 Å². The van der Waals surface area contributed by atoms with Gasteiger partial charge in [0.2, 0.25) is 5.91 Å². The molecule has 2 heterocycles. The summed E-state index contributed by atoms with van der Waals surface area (Å²) in [5.74, 6) is 0.742. The maximum absolute atomic E-state index is 12.8. The van der Waals surface area contributed by atoms with Crippen molar-refractivity contribution in [3.05, 3.63) is 95.1 Å². The number of carbonyl (C=O) groups is 1. The number of H-pyrrole nitrogens is 1. The summed E-state index contributed by atoms with van der Waals surface area (Å²) in [7, 11) is 0. The molecular formula is C25H26N2O2. The largest absolute Gasteiger partial charge is 0.467 e. The van der Waals surface area contributed by atoms with Crippen molar-refractivity contribution in [2.45, 2.75) is 39.2 Å². The summed E-state index contributed by atoms with van der Waals surface area (Å²) < 4.78 is 5.32. The normalized spacial score (nSPS) is 12.2. The van der Waals surface area contributed by atoms with Gasteiger partial charge in [-0.25, -0.2) is 0 Å². The van der Waals surface area contributed by atoms with Gasteiger partial charge in [0.1, 0.15) is 5.76 Å². The third-order valence-corrected chi connectivity index (χ3v) is 5.50. The van der Waals surface area contributed by atoms with Crippen LogP contribution in [0.2, 0.25) is 0 Å². The molecule has 0 saturated heterocycles. The summed E-state index contributed by atoms with van der Waals surface area (Å²) in [6.07, 6.45) is 5.03. The van der Waals surface area contributed by atoms with E-state index in [2.05, 4.69) is 72.8 Å². The number of carbonyl (C=O) groups excluding carboxylic acids is 1. The summed E-state index contributed by atoms with van der Waals surface area (Å²) in [6, 6.07) is 18.6. The second-order valence-corrected chi connectivity index (χ2v) is 7.46. The molecule has 0 aliphatic carbocycles. The molecule has 1 atom stereocenters. The maximum Gasteiger partial charge on any atom is 0.221 e. The number of benzene rings is 2. The van der Waals surface area contributed by atoms with Gasteiger partial charge in [-0.2, -0.15) is 0 Å². The molecule has 0 bridgehead atoms. The molecule has 4 heteroatoms. The Bertz CT molecular complexity index is 1090. The number of hydrogen-bond donors (Lipinski definition) is 2. The minimum Gasteiger partial charge on any atom is -0.467 e. The molecule has 2 aromatic carbocycles. The molecule has 0 aliphatic rings. The van der Waals surface area contributed by atoms with Crippen LogP contribution in [0.4, 0.5) is 0 Å². The van der Waals surface area contributed by atoms with Gasteiger partial charge in [-0.15, -0.1) is 0 Å². The standard InChI is InChI=1S/C25H26N2O2/c1-3-18-6-4-8-21-23(16-27-25(18)21)22(19-11-9-17(2)10-12-19)14-24(28)26-15-20-7-5-13-29-20/h4-13,16,22,27H,3,14-15H2,1-2H3,(H,26,28)/t22-/m0/s1. The van der Waals surface area contributed by atoms with E-state index >= 15 is 0 Å². The Hall–Kier alpha value is -3.27. The lowest BCUT2D eigenvalue weighted by Crippen LogP contribution is -2.24. The maximum atomic E-state index is 12.8. The SMILES string of the molecule is CCc1cccc2c([C@@H](CC(=O)NCc3ccco3)c3ccc(C)cc3)c[nH]c12. The molecule has 0 radical (unpaired) electrons. The quantitative estimate of drug-likeness (QED) is 0.442. The van der Waals surface area contributed by atoms with Crippen LogP contribution in [0, 0.1) is 6.92 Å². The highest BCUT2D eigenvalue weighted by Crippen LogP contribution is 2.34. The van der Waals surface area contributed by atoms with Crippen molar-refractivity contribution in [3.8, 4) is 0 Å². The number of rotatable bonds is 7. The van der Waals surface area contributed by atoms with E-state index in [4.69, 9.17) is 4.42 Å². The Morgan fingerprint density at radius 1 is 1.10 bits per heavy atom. The number of nitrogens with one attached hydrogen (secondary N) is 2. The lowest BCUT2D eigenvalue weighted by atomic mass is 9.87. The third kappa shape index (κ3) is 4.11. The van der Waals surface area contributed by atoms with Gasteiger partial charge in [0.25, 0.3) is 0 Å². The molecule has 4 aromatic rings. The van der Waals surface area contributed by atoms with Gasteiger partial charge >= 0.3 is 0 Å². The first kappa shape index (κ1) is 19.1. The van der Waals surface area contributed by atoms with E-state index in [9.17, 15) is 4.79 Å². The molecule has 0 aliphatic heterocycles. The van der Waals surface area contributed by atoms with Crippen molar-refractivity contribution in [2.24, 2.45) is 0 Å². The lowest BCUT2D eigenvalue weighted by molar-refractivity contribution is -0.121. The Morgan fingerprint density at radius 3 is 2.66 bits per heavy atom. The lowest BCUT2D eigenvalue weighted by Gasteiger charge is -2.17. The van der Waals surface area contributed by atoms with Crippen molar-refractivity contribution < 1.29 is 9.21 Å². The number of amides is 1. The number of hydrogen-bond acceptors (Lipinski definition) is 2. The van der Waals surface area contributed by atoms with E-state index in [1.165, 1.54) is 16.5 Å². The van der Waals surface area contributed by atoms with Crippen LogP contribution in [0.15, 0.2) is 71.5 Å². The molecule has 1 amide bonds. The average Bonchev–Trinajstić information content (AvgIpc) is 3.41. The van der Waals surface area contributed by atoms with Gasteiger partial charge in [0.05, 0.1) is 12.8 Å². The molecule has 0 spiro atoms. The van der Waals surface area contributed by atoms with Crippen LogP contribution < -0.4 is 5.32 Å². The Morgan fingerprint density at radius 2 is 1.93 bits per heavy atom. The number of aromatic amines is 1. The van der Waals surface area contributed by atoms with Crippen LogP contribution in [-0.2, 0) is 17.8 Å². The first-order valence-electron chi connectivity index (χ1n) is 10.1. The van der Waals surface area contributed by atoms with Crippen LogP contribution in [0.5, 0.6) is 0 Å². The molecule has 4 nitrogen and oxygen atoms in total. The van der Waals surface area contributed by atoms with Crippen molar-refractivity contribution >= 4 is 16.8 Å². The van der Waals surface area contributed by atoms with E-state index in [0.717, 1.165) is 28.8 Å². The molecule has 0 unspecified atom stereocenters. The number of aryl methyl sites for hydroxylation is 2. The summed E-state index contributed by atoms with van der Waals surface area (Å²) in [5.41, 5.74) is 5.97. The predicted octanol–water partition coefficient (Wildman–Crippen LogP) is 5.47. The van der Waals surface area contributed by atoms with Crippen LogP contribution in [0.25, 0.3) is 10.9 Å². The molecule has 148 valence electrons. The first-order valence-corrected chi connectivity index (χ1v) is 10.1. The van der Waals surface area contributed by atoms with E-state index < -0.39 is 0 Å². The topological polar surface area (TPSA) is 58.0 Å². The Kier molecular flexibility index (Phi) is 5.52. The van der Waals surface area contributed by atoms with E-state index in [1.54, 1.807) is 6.26 Å². The van der Waals surface area contributed by atoms with Crippen LogP contribution in [0.3, 0.4) is 0 Å². The van der Waals surface area contributed by atoms with Crippen molar-refractivity contribution in [1.82, 2.24) is 10.3 Å². The molecule has 4 rings (SSSR count). The average molecular weight is 386 g/mol. The van der Waals surface area contributed by atoms with Crippen molar-refractivity contribution in [1.29, 1.82) is 0 Å². The van der Waals surface area contributed by atoms with Crippen LogP contribution >= 0.6 is 0 Å². The van der Waals surface area contributed by atoms with Gasteiger partial charge in [-0.1, -0.05) is 55.0 Å². The predicted molar refractivity (Wildman–Crippen MR) is 116 cm³/mol. The number of fused-ring (bicyclic) bond motifs is 1. The zero-order chi connectivity index (χ0) is 20.2. The van der Waals surface area contributed by atoms with Crippen LogP contribution in [0.1, 0.15) is 47.3 Å². The van der Waals surface area contributed by atoms with Crippen LogP contribution in [-0.4, -0.2) is 10.9 Å². The molecule has 2 aromatic heterocycles. The van der Waals surface area contributed by atoms with Gasteiger partial charge in [0.15, 0.2) is 0 Å². The summed E-state index contributed by atoms with van der Waals surface area (Å²) in [4.78, 5) is 16.2. The first-order chi connectivity index (χ1) is 14.2. The second kappa shape index (κ2) is 8.39. The second-order valence-electron chi connectivity index (χ2n) is 7.46. The van der Waals surface area contributed by atoms with Gasteiger partial charge in [0, 0.05) is 29.4 Å². The van der Waals surface area contributed by atoms with E-state index in [-0.39, 0.29) is 11.8 Å². The molecule has 0 fully saturated rings. The summed E-state index contributed by atoms with van der Waals surface area (Å²) in [6.45, 7) is 4.64. The summed E-state index contributed by atoms with van der Waals surface area (Å²) >= 11 is 0. The smallest absolute Gasteiger partial charge is 0.221 e. The third-order valence-electron chi connectivity index (χ3n) is 5.50. The zero-order valence-corrected chi connectivity index (χ0v) is 16.9. The molecule has 29 heavy (non-hydrogen) atoms. The Labute approximate surface area is 170 Å². The fraction of sp³-hybridized carbons (Fsp3) is 0.240. The zero-order valence-electron chi connectivity index (χ0n) is 16.9. The molecular weight excluding hydrogens is 360 g/mol. The van der Waals surface area contributed by atoms with Crippen molar-refractivity contribution in [3.63, 3.8) is 0 Å². The Balaban J connectivity index is 1.65. The minimum atomic E-state index is -0.0203. The van der Waals surface area contributed by atoms with Gasteiger partial charge in [-0.05, 0) is 42.2 Å². The molecule has 0 saturated carbocycles. The summed E-state index contributed by atoms with van der Waals surface area (Å²) in [5, 5.41) is 4.18. The van der Waals surface area contributed by atoms with E-state index in [1.807, 2.05) is 12.1 Å². The number of furan rings is 1. The highest BCUT2D eigenvalue weighted by Gasteiger charge is 2.22. The highest BCUT2D eigenvalue weighted by atomic mass is 16.3. The number of aromatic nitrogens is 1.